The second-order valence-corrected chi connectivity index (χ2v) is 2.13. The van der Waals surface area contributed by atoms with Crippen LogP contribution in [0, 0.1) is 0 Å². The summed E-state index contributed by atoms with van der Waals surface area (Å²) in [5, 5.41) is 0. The molecule has 0 saturated carbocycles. The molecule has 0 heterocycles. The molecule has 0 aliphatic heterocycles. The summed E-state index contributed by atoms with van der Waals surface area (Å²) in [6.45, 7) is 2.18. The number of hydrogen-bond acceptors (Lipinski definition) is 2. The molecule has 0 atom stereocenters. The van der Waals surface area contributed by atoms with Crippen molar-refractivity contribution in [3.63, 3.8) is 0 Å². The molecule has 0 aromatic rings. The van der Waals surface area contributed by atoms with Gasteiger partial charge in [-0.3, -0.25) is 0 Å². The molecule has 0 aromatic carbocycles. The van der Waals surface area contributed by atoms with Crippen LogP contribution in [0.5, 0.6) is 0 Å². The van der Waals surface area contributed by atoms with Gasteiger partial charge in [0.25, 0.3) is 0 Å². The molecule has 0 aliphatic rings. The van der Waals surface area contributed by atoms with Crippen LogP contribution in [-0.2, 0) is 9.53 Å². The van der Waals surface area contributed by atoms with Crippen molar-refractivity contribution in [2.45, 2.75) is 6.92 Å². The third kappa shape index (κ3) is 7.09. The molecule has 0 aliphatic carbocycles. The lowest BCUT2D eigenvalue weighted by Crippen LogP contribution is -1.99. The average Bonchev–Trinajstić information content (AvgIpc) is 2.05. The molecule has 0 unspecified atom stereocenters. The molecule has 0 amide bonds. The first-order chi connectivity index (χ1) is 5.81. The molecule has 2 nitrogen and oxygen atoms in total. The maximum Gasteiger partial charge on any atom is 0.331 e. The summed E-state index contributed by atoms with van der Waals surface area (Å²) in [5.41, 5.74) is 1.12. The molecule has 0 spiro atoms. The second-order valence-electron chi connectivity index (χ2n) is 1.88. The van der Waals surface area contributed by atoms with Crippen LogP contribution >= 0.6 is 11.6 Å². The highest BCUT2D eigenvalue weighted by atomic mass is 35.5. The molecule has 0 rings (SSSR count). The summed E-state index contributed by atoms with van der Waals surface area (Å²) in [6, 6.07) is 0. The standard InChI is InChI=1S/C9H11ClO2/c1-2-3-4-5-8-12-9(11)6-7-10/h2-7H,8H2,1H3/b3-2+,5-4+,7-6-. The fourth-order valence-corrected chi connectivity index (χ4v) is 0.578. The van der Waals surface area contributed by atoms with Crippen molar-refractivity contribution >= 4 is 17.6 Å². The predicted octanol–water partition coefficient (Wildman–Crippen LogP) is 2.41. The lowest BCUT2D eigenvalue weighted by atomic mass is 10.4. The van der Waals surface area contributed by atoms with Gasteiger partial charge in [0.1, 0.15) is 6.61 Å². The van der Waals surface area contributed by atoms with Crippen LogP contribution in [-0.4, -0.2) is 12.6 Å². The van der Waals surface area contributed by atoms with E-state index in [1.165, 1.54) is 0 Å². The number of rotatable bonds is 4. The zero-order chi connectivity index (χ0) is 9.23. The summed E-state index contributed by atoms with van der Waals surface area (Å²) in [5.74, 6) is -0.435. The first kappa shape index (κ1) is 11.0. The molecule has 3 heteroatoms. The minimum atomic E-state index is -0.435. The van der Waals surface area contributed by atoms with Gasteiger partial charge in [0.05, 0.1) is 0 Å². The minimum absolute atomic E-state index is 0.268. The lowest BCUT2D eigenvalue weighted by Gasteiger charge is -1.93. The Labute approximate surface area is 77.2 Å². The SMILES string of the molecule is C/C=C/C=C/COC(=O)/C=C\Cl. The number of ether oxygens (including phenoxy) is 1. The number of carbonyl (C=O) groups is 1. The largest absolute Gasteiger partial charge is 0.458 e. The highest BCUT2D eigenvalue weighted by molar-refractivity contribution is 6.26. The van der Waals surface area contributed by atoms with E-state index in [0.717, 1.165) is 11.6 Å². The van der Waals surface area contributed by atoms with Crippen LogP contribution in [0.15, 0.2) is 35.9 Å². The maximum atomic E-state index is 10.6. The normalized spacial score (nSPS) is 11.8. The van der Waals surface area contributed by atoms with Gasteiger partial charge in [-0.25, -0.2) is 4.79 Å². The average molecular weight is 187 g/mol. The van der Waals surface area contributed by atoms with Crippen molar-refractivity contribution in [3.8, 4) is 0 Å². The van der Waals surface area contributed by atoms with Crippen molar-refractivity contribution < 1.29 is 9.53 Å². The minimum Gasteiger partial charge on any atom is -0.458 e. The van der Waals surface area contributed by atoms with Gasteiger partial charge >= 0.3 is 5.97 Å². The van der Waals surface area contributed by atoms with Crippen LogP contribution in [0.1, 0.15) is 6.92 Å². The molecule has 66 valence electrons. The Morgan fingerprint density at radius 2 is 2.25 bits per heavy atom. The van der Waals surface area contributed by atoms with Crippen LogP contribution in [0.4, 0.5) is 0 Å². The van der Waals surface area contributed by atoms with Gasteiger partial charge in [-0.2, -0.15) is 0 Å². The molecule has 12 heavy (non-hydrogen) atoms. The number of esters is 1. The van der Waals surface area contributed by atoms with E-state index in [1.54, 1.807) is 12.2 Å². The molecule has 0 saturated heterocycles. The van der Waals surface area contributed by atoms with Gasteiger partial charge in [-0.15, -0.1) is 0 Å². The van der Waals surface area contributed by atoms with Gasteiger partial charge in [0, 0.05) is 11.6 Å². The highest BCUT2D eigenvalue weighted by Crippen LogP contribution is 1.85. The molecular weight excluding hydrogens is 176 g/mol. The summed E-state index contributed by atoms with van der Waals surface area (Å²) in [6.07, 6.45) is 8.44. The van der Waals surface area contributed by atoms with E-state index >= 15 is 0 Å². The van der Waals surface area contributed by atoms with E-state index in [2.05, 4.69) is 0 Å². The lowest BCUT2D eigenvalue weighted by molar-refractivity contribution is -0.136. The fourth-order valence-electron chi connectivity index (χ4n) is 0.475. The Morgan fingerprint density at radius 3 is 2.83 bits per heavy atom. The van der Waals surface area contributed by atoms with Crippen molar-refractivity contribution in [1.82, 2.24) is 0 Å². The van der Waals surface area contributed by atoms with Crippen LogP contribution in [0.3, 0.4) is 0 Å². The maximum absolute atomic E-state index is 10.6. The molecule has 0 fully saturated rings. The Hall–Kier alpha value is -1.02. The molecular formula is C9H11ClO2. The third-order valence-electron chi connectivity index (χ3n) is 0.961. The zero-order valence-corrected chi connectivity index (χ0v) is 7.62. The van der Waals surface area contributed by atoms with Crippen LogP contribution in [0.2, 0.25) is 0 Å². The Balaban J connectivity index is 3.49. The molecule has 0 radical (unpaired) electrons. The van der Waals surface area contributed by atoms with Gasteiger partial charge in [0.15, 0.2) is 0 Å². The van der Waals surface area contributed by atoms with Crippen molar-refractivity contribution in [2.75, 3.05) is 6.61 Å². The first-order valence-electron chi connectivity index (χ1n) is 3.52. The zero-order valence-electron chi connectivity index (χ0n) is 6.87. The fraction of sp³-hybridized carbons (Fsp3) is 0.222. The van der Waals surface area contributed by atoms with Crippen molar-refractivity contribution in [1.29, 1.82) is 0 Å². The van der Waals surface area contributed by atoms with E-state index in [4.69, 9.17) is 16.3 Å². The van der Waals surface area contributed by atoms with Crippen LogP contribution < -0.4 is 0 Å². The second kappa shape index (κ2) is 8.08. The quantitative estimate of drug-likeness (QED) is 0.383. The smallest absolute Gasteiger partial charge is 0.331 e. The van der Waals surface area contributed by atoms with Gasteiger partial charge in [-0.05, 0) is 13.0 Å². The number of halogens is 1. The van der Waals surface area contributed by atoms with E-state index in [-0.39, 0.29) is 6.61 Å². The highest BCUT2D eigenvalue weighted by Gasteiger charge is 1.90. The summed E-state index contributed by atoms with van der Waals surface area (Å²) in [4.78, 5) is 10.6. The van der Waals surface area contributed by atoms with E-state index in [0.29, 0.717) is 0 Å². The first-order valence-corrected chi connectivity index (χ1v) is 3.96. The van der Waals surface area contributed by atoms with Crippen molar-refractivity contribution in [3.05, 3.63) is 35.9 Å². The number of hydrogen-bond donors (Lipinski definition) is 0. The Kier molecular flexibility index (Phi) is 7.39. The Bertz CT molecular complexity index is 205. The van der Waals surface area contributed by atoms with Gasteiger partial charge in [0.2, 0.25) is 0 Å². The summed E-state index contributed by atoms with van der Waals surface area (Å²) >= 11 is 5.15. The molecule has 0 N–H and O–H groups in total. The van der Waals surface area contributed by atoms with Crippen LogP contribution in [0.25, 0.3) is 0 Å². The number of allylic oxidation sites excluding steroid dienone is 3. The topological polar surface area (TPSA) is 26.3 Å². The third-order valence-corrected chi connectivity index (χ3v) is 1.09. The van der Waals surface area contributed by atoms with E-state index < -0.39 is 5.97 Å². The van der Waals surface area contributed by atoms with E-state index in [1.807, 2.05) is 19.1 Å². The van der Waals surface area contributed by atoms with Gasteiger partial charge in [-0.1, -0.05) is 29.8 Å². The van der Waals surface area contributed by atoms with E-state index in [9.17, 15) is 4.79 Å². The Morgan fingerprint density at radius 1 is 1.50 bits per heavy atom. The molecule has 0 bridgehead atoms. The predicted molar refractivity (Wildman–Crippen MR) is 49.9 cm³/mol. The summed E-state index contributed by atoms with van der Waals surface area (Å²) in [7, 11) is 0. The van der Waals surface area contributed by atoms with Crippen molar-refractivity contribution in [2.24, 2.45) is 0 Å². The summed E-state index contributed by atoms with van der Waals surface area (Å²) < 4.78 is 4.70. The monoisotopic (exact) mass is 186 g/mol. The van der Waals surface area contributed by atoms with Gasteiger partial charge < -0.3 is 4.74 Å². The number of carbonyl (C=O) groups excluding carboxylic acids is 1. The molecule has 0 aromatic heterocycles.